The van der Waals surface area contributed by atoms with Gasteiger partial charge in [0.05, 0.1) is 12.3 Å². The zero-order valence-corrected chi connectivity index (χ0v) is 13.0. The third-order valence-corrected chi connectivity index (χ3v) is 3.77. The lowest BCUT2D eigenvalue weighted by Crippen LogP contribution is -2.35. The topological polar surface area (TPSA) is 45.6 Å². The van der Waals surface area contributed by atoms with E-state index in [1.165, 1.54) is 0 Å². The van der Waals surface area contributed by atoms with Crippen LogP contribution in [0.4, 0.5) is 0 Å². The molecule has 0 spiro atoms. The molecule has 0 saturated carbocycles. The van der Waals surface area contributed by atoms with Crippen molar-refractivity contribution < 1.29 is 9.84 Å². The SMILES string of the molecule is CN1CCC(Oc2cc(CO)cc(C(C)(C)C)n2)CC1. The van der Waals surface area contributed by atoms with Crippen molar-refractivity contribution in [1.82, 2.24) is 9.88 Å². The molecule has 2 rings (SSSR count). The standard InChI is InChI=1S/C16H26N2O2/c1-16(2,3)14-9-12(11-19)10-15(17-14)20-13-5-7-18(4)8-6-13/h9-10,13,19H,5-8,11H2,1-4H3. The number of rotatable bonds is 3. The molecule has 0 radical (unpaired) electrons. The monoisotopic (exact) mass is 278 g/mol. The van der Waals surface area contributed by atoms with E-state index in [0.29, 0.717) is 5.88 Å². The van der Waals surface area contributed by atoms with Gasteiger partial charge in [-0.1, -0.05) is 20.8 Å². The van der Waals surface area contributed by atoms with Gasteiger partial charge < -0.3 is 14.7 Å². The Morgan fingerprint density at radius 3 is 2.50 bits per heavy atom. The first-order chi connectivity index (χ1) is 9.38. The molecular formula is C16H26N2O2. The van der Waals surface area contributed by atoms with Crippen molar-refractivity contribution in [2.45, 2.75) is 51.7 Å². The average Bonchev–Trinajstić information content (AvgIpc) is 2.40. The van der Waals surface area contributed by atoms with Crippen LogP contribution in [-0.4, -0.2) is 41.2 Å². The molecule has 4 nitrogen and oxygen atoms in total. The Hall–Kier alpha value is -1.13. The zero-order chi connectivity index (χ0) is 14.8. The highest BCUT2D eigenvalue weighted by Gasteiger charge is 2.21. The lowest BCUT2D eigenvalue weighted by Gasteiger charge is -2.29. The fourth-order valence-electron chi connectivity index (χ4n) is 2.37. The number of hydrogen-bond acceptors (Lipinski definition) is 4. The zero-order valence-electron chi connectivity index (χ0n) is 13.0. The van der Waals surface area contributed by atoms with Gasteiger partial charge in [0.25, 0.3) is 0 Å². The van der Waals surface area contributed by atoms with Crippen LogP contribution in [0, 0.1) is 0 Å². The van der Waals surface area contributed by atoms with Crippen LogP contribution in [0.3, 0.4) is 0 Å². The molecule has 1 fully saturated rings. The van der Waals surface area contributed by atoms with Crippen molar-refractivity contribution in [2.24, 2.45) is 0 Å². The highest BCUT2D eigenvalue weighted by molar-refractivity contribution is 5.28. The maximum atomic E-state index is 9.40. The third kappa shape index (κ3) is 3.93. The molecule has 1 aromatic rings. The lowest BCUT2D eigenvalue weighted by atomic mass is 9.91. The number of aromatic nitrogens is 1. The minimum atomic E-state index is -0.0456. The predicted molar refractivity (Wildman–Crippen MR) is 80.0 cm³/mol. The lowest BCUT2D eigenvalue weighted by molar-refractivity contribution is 0.109. The Morgan fingerprint density at radius 2 is 1.95 bits per heavy atom. The van der Waals surface area contributed by atoms with Crippen molar-refractivity contribution in [1.29, 1.82) is 0 Å². The highest BCUT2D eigenvalue weighted by Crippen LogP contribution is 2.25. The van der Waals surface area contributed by atoms with E-state index in [-0.39, 0.29) is 18.1 Å². The van der Waals surface area contributed by atoms with E-state index in [2.05, 4.69) is 37.7 Å². The van der Waals surface area contributed by atoms with Gasteiger partial charge in [-0.2, -0.15) is 0 Å². The number of nitrogens with zero attached hydrogens (tertiary/aromatic N) is 2. The molecule has 1 aliphatic rings. The number of likely N-dealkylation sites (tertiary alicyclic amines) is 1. The molecule has 1 aliphatic heterocycles. The van der Waals surface area contributed by atoms with Crippen LogP contribution in [-0.2, 0) is 12.0 Å². The Labute approximate surface area is 121 Å². The van der Waals surface area contributed by atoms with E-state index >= 15 is 0 Å². The summed E-state index contributed by atoms with van der Waals surface area (Å²) in [4.78, 5) is 6.94. The van der Waals surface area contributed by atoms with Crippen molar-refractivity contribution in [3.05, 3.63) is 23.4 Å². The number of pyridine rings is 1. The molecule has 2 heterocycles. The minimum Gasteiger partial charge on any atom is -0.474 e. The number of aliphatic hydroxyl groups excluding tert-OH is 1. The molecular weight excluding hydrogens is 252 g/mol. The largest absolute Gasteiger partial charge is 0.474 e. The van der Waals surface area contributed by atoms with Crippen molar-refractivity contribution in [3.63, 3.8) is 0 Å². The number of hydrogen-bond donors (Lipinski definition) is 1. The van der Waals surface area contributed by atoms with Gasteiger partial charge in [-0.05, 0) is 31.5 Å². The fourth-order valence-corrected chi connectivity index (χ4v) is 2.37. The molecule has 0 unspecified atom stereocenters. The van der Waals surface area contributed by atoms with Gasteiger partial charge in [-0.3, -0.25) is 0 Å². The minimum absolute atomic E-state index is 0.0232. The van der Waals surface area contributed by atoms with E-state index in [9.17, 15) is 5.11 Å². The molecule has 112 valence electrons. The second-order valence-corrected chi connectivity index (χ2v) is 6.73. The van der Waals surface area contributed by atoms with Crippen LogP contribution in [0.25, 0.3) is 0 Å². The molecule has 0 bridgehead atoms. The Bertz CT molecular complexity index is 446. The molecule has 0 amide bonds. The van der Waals surface area contributed by atoms with E-state index in [1.54, 1.807) is 0 Å². The normalized spacial score (nSPS) is 18.2. The molecule has 0 aliphatic carbocycles. The van der Waals surface area contributed by atoms with Crippen LogP contribution < -0.4 is 4.74 Å². The maximum Gasteiger partial charge on any atom is 0.214 e. The second-order valence-electron chi connectivity index (χ2n) is 6.73. The summed E-state index contributed by atoms with van der Waals surface area (Å²) in [5.41, 5.74) is 1.79. The molecule has 0 atom stereocenters. The summed E-state index contributed by atoms with van der Waals surface area (Å²) >= 11 is 0. The van der Waals surface area contributed by atoms with Crippen LogP contribution in [0.15, 0.2) is 12.1 Å². The predicted octanol–water partition coefficient (Wildman–Crippen LogP) is 2.34. The number of piperidine rings is 1. The summed E-state index contributed by atoms with van der Waals surface area (Å²) in [5.74, 6) is 0.649. The van der Waals surface area contributed by atoms with Gasteiger partial charge in [-0.15, -0.1) is 0 Å². The molecule has 4 heteroatoms. The third-order valence-electron chi connectivity index (χ3n) is 3.77. The summed E-state index contributed by atoms with van der Waals surface area (Å²) in [7, 11) is 2.14. The summed E-state index contributed by atoms with van der Waals surface area (Å²) in [6.45, 7) is 8.52. The van der Waals surface area contributed by atoms with E-state index < -0.39 is 0 Å². The van der Waals surface area contributed by atoms with Gasteiger partial charge in [0.15, 0.2) is 0 Å². The Balaban J connectivity index is 2.14. The van der Waals surface area contributed by atoms with Gasteiger partial charge in [0.1, 0.15) is 6.10 Å². The molecule has 1 N–H and O–H groups in total. The molecule has 0 aromatic carbocycles. The van der Waals surface area contributed by atoms with E-state index in [1.807, 2.05) is 12.1 Å². The first kappa shape index (κ1) is 15.3. The van der Waals surface area contributed by atoms with Crippen LogP contribution in [0.5, 0.6) is 5.88 Å². The first-order valence-corrected chi connectivity index (χ1v) is 7.36. The summed E-state index contributed by atoms with van der Waals surface area (Å²) < 4.78 is 6.03. The molecule has 20 heavy (non-hydrogen) atoms. The van der Waals surface area contributed by atoms with Crippen molar-refractivity contribution >= 4 is 0 Å². The summed E-state index contributed by atoms with van der Waals surface area (Å²) in [6, 6.07) is 3.81. The Morgan fingerprint density at radius 1 is 1.30 bits per heavy atom. The van der Waals surface area contributed by atoms with E-state index in [4.69, 9.17) is 4.74 Å². The number of ether oxygens (including phenoxy) is 1. The fraction of sp³-hybridized carbons (Fsp3) is 0.688. The van der Waals surface area contributed by atoms with Gasteiger partial charge in [-0.25, -0.2) is 4.98 Å². The van der Waals surface area contributed by atoms with Gasteiger partial charge in [0, 0.05) is 24.6 Å². The molecule has 1 aromatic heterocycles. The summed E-state index contributed by atoms with van der Waals surface area (Å²) in [5, 5.41) is 9.40. The second kappa shape index (κ2) is 6.10. The Kier molecular flexibility index (Phi) is 4.66. The van der Waals surface area contributed by atoms with Gasteiger partial charge in [0.2, 0.25) is 5.88 Å². The van der Waals surface area contributed by atoms with Crippen molar-refractivity contribution in [3.8, 4) is 5.88 Å². The van der Waals surface area contributed by atoms with Gasteiger partial charge >= 0.3 is 0 Å². The molecule has 1 saturated heterocycles. The van der Waals surface area contributed by atoms with Crippen LogP contribution in [0.1, 0.15) is 44.9 Å². The highest BCUT2D eigenvalue weighted by atomic mass is 16.5. The number of aliphatic hydroxyl groups is 1. The quantitative estimate of drug-likeness (QED) is 0.922. The van der Waals surface area contributed by atoms with Crippen LogP contribution in [0.2, 0.25) is 0 Å². The van der Waals surface area contributed by atoms with Crippen molar-refractivity contribution in [2.75, 3.05) is 20.1 Å². The maximum absolute atomic E-state index is 9.40. The summed E-state index contributed by atoms with van der Waals surface area (Å²) in [6.07, 6.45) is 2.30. The van der Waals surface area contributed by atoms with Crippen LogP contribution >= 0.6 is 0 Å². The average molecular weight is 278 g/mol. The van der Waals surface area contributed by atoms with E-state index in [0.717, 1.165) is 37.2 Å². The first-order valence-electron chi connectivity index (χ1n) is 7.36. The smallest absolute Gasteiger partial charge is 0.214 e.